The Kier molecular flexibility index (Phi) is 4.70. The van der Waals surface area contributed by atoms with Gasteiger partial charge < -0.3 is 14.6 Å². The maximum atomic E-state index is 12.9. The van der Waals surface area contributed by atoms with Gasteiger partial charge in [-0.1, -0.05) is 6.07 Å². The van der Waals surface area contributed by atoms with Crippen LogP contribution in [0.5, 0.6) is 11.5 Å². The van der Waals surface area contributed by atoms with Crippen molar-refractivity contribution in [1.82, 2.24) is 0 Å². The fourth-order valence-electron chi connectivity index (χ4n) is 5.75. The van der Waals surface area contributed by atoms with Gasteiger partial charge in [0.25, 0.3) is 0 Å². The first-order chi connectivity index (χ1) is 13.0. The Morgan fingerprint density at radius 1 is 1.15 bits per heavy atom. The van der Waals surface area contributed by atoms with E-state index in [4.69, 9.17) is 9.47 Å². The largest absolute Gasteiger partial charge is 0.504 e. The van der Waals surface area contributed by atoms with Gasteiger partial charge in [-0.05, 0) is 80.1 Å². The highest BCUT2D eigenvalue weighted by Crippen LogP contribution is 2.60. The minimum absolute atomic E-state index is 0.0402. The second kappa shape index (κ2) is 7.02. The van der Waals surface area contributed by atoms with E-state index in [1.54, 1.807) is 18.2 Å². The van der Waals surface area contributed by atoms with E-state index in [1.807, 2.05) is 0 Å². The summed E-state index contributed by atoms with van der Waals surface area (Å²) in [5.74, 6) is 2.04. The number of benzene rings is 1. The number of phenolic OH excluding ortho intramolecular Hbond substituents is 1. The zero-order valence-electron chi connectivity index (χ0n) is 15.6. The predicted molar refractivity (Wildman–Crippen MR) is 100 cm³/mol. The lowest BCUT2D eigenvalue weighted by Gasteiger charge is -2.55. The van der Waals surface area contributed by atoms with Crippen LogP contribution in [-0.4, -0.2) is 30.6 Å². The lowest BCUT2D eigenvalue weighted by atomic mass is 9.48. The number of carbonyl (C=O) groups excluding carboxylic acids is 2. The molecule has 0 aliphatic heterocycles. The van der Waals surface area contributed by atoms with Gasteiger partial charge in [0.15, 0.2) is 23.9 Å². The van der Waals surface area contributed by atoms with Crippen LogP contribution in [0.15, 0.2) is 24.3 Å². The van der Waals surface area contributed by atoms with E-state index in [9.17, 15) is 14.7 Å². The smallest absolute Gasteiger partial charge is 0.331 e. The minimum atomic E-state index is -0.528. The van der Waals surface area contributed by atoms with Crippen LogP contribution in [0, 0.1) is 23.2 Å². The van der Waals surface area contributed by atoms with Crippen LogP contribution < -0.4 is 4.74 Å². The number of hydrogen-bond acceptors (Lipinski definition) is 5. The number of ketones is 1. The summed E-state index contributed by atoms with van der Waals surface area (Å²) in [6, 6.07) is 4.79. The summed E-state index contributed by atoms with van der Waals surface area (Å²) < 4.78 is 10.3. The number of esters is 1. The first-order valence-corrected chi connectivity index (χ1v) is 9.72. The maximum Gasteiger partial charge on any atom is 0.331 e. The lowest BCUT2D eigenvalue weighted by molar-refractivity contribution is -0.155. The molecule has 5 heteroatoms. The molecule has 4 aliphatic carbocycles. The van der Waals surface area contributed by atoms with Gasteiger partial charge in [-0.15, -0.1) is 0 Å². The Morgan fingerprint density at radius 3 is 2.37 bits per heavy atom. The molecular formula is C22H26O5. The maximum absolute atomic E-state index is 12.9. The normalized spacial score (nSPS) is 31.2. The molecule has 0 radical (unpaired) electrons. The number of hydrogen-bond donors (Lipinski definition) is 1. The summed E-state index contributed by atoms with van der Waals surface area (Å²) in [7, 11) is 1.47. The number of methoxy groups -OCH3 is 1. The molecule has 1 aromatic carbocycles. The molecule has 4 bridgehead atoms. The SMILES string of the molecule is COc1cc(/C=C/C(=O)OCC(=O)C23CC4CC(CC(C4)C2)C3)ccc1O. The number of ether oxygens (including phenoxy) is 2. The van der Waals surface area contributed by atoms with Gasteiger partial charge in [-0.2, -0.15) is 0 Å². The van der Waals surface area contributed by atoms with Gasteiger partial charge in [-0.3, -0.25) is 4.79 Å². The zero-order valence-corrected chi connectivity index (χ0v) is 15.6. The van der Waals surface area contributed by atoms with E-state index in [1.165, 1.54) is 38.5 Å². The summed E-state index contributed by atoms with van der Waals surface area (Å²) in [4.78, 5) is 24.9. The quantitative estimate of drug-likeness (QED) is 0.610. The molecule has 4 saturated carbocycles. The van der Waals surface area contributed by atoms with Crippen LogP contribution in [0.2, 0.25) is 0 Å². The molecule has 5 rings (SSSR count). The van der Waals surface area contributed by atoms with Crippen LogP contribution in [-0.2, 0) is 14.3 Å². The van der Waals surface area contributed by atoms with Crippen molar-refractivity contribution in [3.63, 3.8) is 0 Å². The first kappa shape index (κ1) is 18.1. The number of phenols is 1. The first-order valence-electron chi connectivity index (χ1n) is 9.72. The predicted octanol–water partition coefficient (Wildman–Crippen LogP) is 3.74. The third kappa shape index (κ3) is 3.60. The highest BCUT2D eigenvalue weighted by Gasteiger charge is 2.54. The number of aromatic hydroxyl groups is 1. The summed E-state index contributed by atoms with van der Waals surface area (Å²) in [5.41, 5.74) is 0.470. The van der Waals surface area contributed by atoms with E-state index in [0.29, 0.717) is 29.1 Å². The monoisotopic (exact) mass is 370 g/mol. The fourth-order valence-corrected chi connectivity index (χ4v) is 5.75. The van der Waals surface area contributed by atoms with E-state index in [0.717, 1.165) is 19.3 Å². The van der Waals surface area contributed by atoms with Crippen molar-refractivity contribution < 1.29 is 24.2 Å². The fraction of sp³-hybridized carbons (Fsp3) is 0.545. The molecule has 0 amide bonds. The summed E-state index contributed by atoms with van der Waals surface area (Å²) in [6.07, 6.45) is 9.69. The molecule has 1 N–H and O–H groups in total. The van der Waals surface area contributed by atoms with Crippen molar-refractivity contribution in [2.45, 2.75) is 38.5 Å². The van der Waals surface area contributed by atoms with Crippen LogP contribution >= 0.6 is 0 Å². The Morgan fingerprint density at radius 2 is 1.78 bits per heavy atom. The average Bonchev–Trinajstić information content (AvgIpc) is 2.64. The molecule has 4 fully saturated rings. The van der Waals surface area contributed by atoms with E-state index in [-0.39, 0.29) is 23.6 Å². The average molecular weight is 370 g/mol. The van der Waals surface area contributed by atoms with Gasteiger partial charge in [0, 0.05) is 11.5 Å². The molecule has 27 heavy (non-hydrogen) atoms. The molecule has 0 unspecified atom stereocenters. The zero-order chi connectivity index (χ0) is 19.0. The van der Waals surface area contributed by atoms with E-state index >= 15 is 0 Å². The highest BCUT2D eigenvalue weighted by molar-refractivity contribution is 5.91. The molecule has 0 aromatic heterocycles. The van der Waals surface area contributed by atoms with Gasteiger partial charge in [-0.25, -0.2) is 4.79 Å². The summed E-state index contributed by atoms with van der Waals surface area (Å²) in [6.45, 7) is -0.131. The Balaban J connectivity index is 1.33. The minimum Gasteiger partial charge on any atom is -0.504 e. The van der Waals surface area contributed by atoms with Crippen LogP contribution in [0.1, 0.15) is 44.1 Å². The molecule has 0 saturated heterocycles. The van der Waals surface area contributed by atoms with Crippen molar-refractivity contribution in [3.05, 3.63) is 29.8 Å². The third-order valence-electron chi connectivity index (χ3n) is 6.59. The summed E-state index contributed by atoms with van der Waals surface area (Å²) in [5, 5.41) is 9.60. The van der Waals surface area contributed by atoms with Gasteiger partial charge in [0.2, 0.25) is 0 Å². The third-order valence-corrected chi connectivity index (χ3v) is 6.59. The van der Waals surface area contributed by atoms with E-state index in [2.05, 4.69) is 0 Å². The van der Waals surface area contributed by atoms with Crippen LogP contribution in [0.25, 0.3) is 6.08 Å². The number of Topliss-reactive ketones (excluding diaryl/α,β-unsaturated/α-hetero) is 1. The number of carbonyl (C=O) groups is 2. The molecule has 144 valence electrons. The molecule has 1 aromatic rings. The van der Waals surface area contributed by atoms with Crippen molar-refractivity contribution in [2.24, 2.45) is 23.2 Å². The Labute approximate surface area is 159 Å². The van der Waals surface area contributed by atoms with Gasteiger partial charge >= 0.3 is 5.97 Å². The second-order valence-corrected chi connectivity index (χ2v) is 8.49. The topological polar surface area (TPSA) is 72.8 Å². The van der Waals surface area contributed by atoms with Crippen molar-refractivity contribution in [2.75, 3.05) is 13.7 Å². The molecule has 4 aliphatic rings. The van der Waals surface area contributed by atoms with Crippen molar-refractivity contribution in [3.8, 4) is 11.5 Å². The molecule has 0 heterocycles. The second-order valence-electron chi connectivity index (χ2n) is 8.49. The molecule has 5 nitrogen and oxygen atoms in total. The van der Waals surface area contributed by atoms with Crippen molar-refractivity contribution in [1.29, 1.82) is 0 Å². The van der Waals surface area contributed by atoms with Crippen LogP contribution in [0.4, 0.5) is 0 Å². The Bertz CT molecular complexity index is 744. The molecule has 0 spiro atoms. The molecule has 0 atom stereocenters. The molecular weight excluding hydrogens is 344 g/mol. The number of rotatable bonds is 6. The Hall–Kier alpha value is -2.30. The van der Waals surface area contributed by atoms with Gasteiger partial charge in [0.05, 0.1) is 7.11 Å². The summed E-state index contributed by atoms with van der Waals surface area (Å²) >= 11 is 0. The highest BCUT2D eigenvalue weighted by atomic mass is 16.5. The van der Waals surface area contributed by atoms with Crippen LogP contribution in [0.3, 0.4) is 0 Å². The lowest BCUT2D eigenvalue weighted by Crippen LogP contribution is -2.51. The van der Waals surface area contributed by atoms with E-state index < -0.39 is 5.97 Å². The van der Waals surface area contributed by atoms with Gasteiger partial charge in [0.1, 0.15) is 0 Å². The van der Waals surface area contributed by atoms with Crippen molar-refractivity contribution >= 4 is 17.8 Å². The standard InChI is InChI=1S/C22H26O5/c1-26-19-9-14(2-4-18(19)23)3-5-21(25)27-13-20(24)22-10-15-6-16(11-22)8-17(7-15)12-22/h2-5,9,15-17,23H,6-8,10-13H2,1H3/b5-3+.